The first kappa shape index (κ1) is 28.1. The van der Waals surface area contributed by atoms with Crippen molar-refractivity contribution in [3.05, 3.63) is 12.2 Å². The fourth-order valence-corrected chi connectivity index (χ4v) is 3.16. The summed E-state index contributed by atoms with van der Waals surface area (Å²) >= 11 is 0. The second-order valence-corrected chi connectivity index (χ2v) is 8.07. The molecule has 4 heteroatoms. The Labute approximate surface area is 180 Å². The summed E-state index contributed by atoms with van der Waals surface area (Å²) in [5.74, 6) is -0.135. The van der Waals surface area contributed by atoms with E-state index < -0.39 is 0 Å². The van der Waals surface area contributed by atoms with E-state index in [-0.39, 0.29) is 18.4 Å². The smallest absolute Gasteiger partial charge is 0.308 e. The van der Waals surface area contributed by atoms with E-state index in [1.54, 1.807) is 0 Å². The standard InChI is InChI=1S/C25H48O4/c1-4-7-9-16-19-23(26)20-17-14-12-10-11-13-15-18-21-24(27)29-25(6-3)28-22-8-5-2/h14,17,23,25-26H,4-13,15-16,18-22H2,1-3H3/b17-14-/t23-,25?/m1/s1. The van der Waals surface area contributed by atoms with Crippen LogP contribution in [0.3, 0.4) is 0 Å². The van der Waals surface area contributed by atoms with Crippen LogP contribution >= 0.6 is 0 Å². The minimum absolute atomic E-state index is 0.135. The summed E-state index contributed by atoms with van der Waals surface area (Å²) in [6.07, 6.45) is 20.3. The molecular weight excluding hydrogens is 364 g/mol. The molecule has 4 nitrogen and oxygen atoms in total. The van der Waals surface area contributed by atoms with E-state index >= 15 is 0 Å². The highest BCUT2D eigenvalue weighted by molar-refractivity contribution is 5.69. The Hall–Kier alpha value is -0.870. The maximum absolute atomic E-state index is 11.9. The van der Waals surface area contributed by atoms with Crippen molar-refractivity contribution >= 4 is 5.97 Å². The molecule has 0 aliphatic heterocycles. The maximum atomic E-state index is 11.9. The van der Waals surface area contributed by atoms with Gasteiger partial charge in [-0.05, 0) is 38.5 Å². The Kier molecular flexibility index (Phi) is 21.2. The summed E-state index contributed by atoms with van der Waals surface area (Å²) in [6.45, 7) is 6.97. The van der Waals surface area contributed by atoms with Crippen molar-refractivity contribution in [3.63, 3.8) is 0 Å². The van der Waals surface area contributed by atoms with Gasteiger partial charge in [-0.3, -0.25) is 4.79 Å². The number of unbranched alkanes of at least 4 members (excludes halogenated alkanes) is 9. The van der Waals surface area contributed by atoms with Gasteiger partial charge in [0.05, 0.1) is 12.7 Å². The van der Waals surface area contributed by atoms with Crippen LogP contribution in [0.4, 0.5) is 0 Å². The van der Waals surface area contributed by atoms with Crippen LogP contribution < -0.4 is 0 Å². The highest BCUT2D eigenvalue weighted by Crippen LogP contribution is 2.11. The molecule has 0 aliphatic rings. The first-order chi connectivity index (χ1) is 14.1. The Morgan fingerprint density at radius 1 is 0.862 bits per heavy atom. The lowest BCUT2D eigenvalue weighted by Gasteiger charge is -2.16. The average Bonchev–Trinajstić information content (AvgIpc) is 2.72. The fraction of sp³-hybridized carbons (Fsp3) is 0.880. The van der Waals surface area contributed by atoms with Crippen LogP contribution in [-0.2, 0) is 14.3 Å². The molecule has 0 bridgehead atoms. The third kappa shape index (κ3) is 20.2. The van der Waals surface area contributed by atoms with Gasteiger partial charge in [0.2, 0.25) is 6.29 Å². The summed E-state index contributed by atoms with van der Waals surface area (Å²) < 4.78 is 11.0. The number of aliphatic hydroxyl groups is 1. The lowest BCUT2D eigenvalue weighted by molar-refractivity contribution is -0.179. The fourth-order valence-electron chi connectivity index (χ4n) is 3.16. The van der Waals surface area contributed by atoms with Crippen LogP contribution in [-0.4, -0.2) is 30.1 Å². The monoisotopic (exact) mass is 412 g/mol. The number of carbonyl (C=O) groups excluding carboxylic acids is 1. The molecule has 0 amide bonds. The number of ether oxygens (including phenoxy) is 2. The van der Waals surface area contributed by atoms with E-state index in [1.165, 1.54) is 32.1 Å². The van der Waals surface area contributed by atoms with Gasteiger partial charge in [0.15, 0.2) is 0 Å². The molecule has 0 aromatic rings. The van der Waals surface area contributed by atoms with Gasteiger partial charge in [0.1, 0.15) is 0 Å². The molecule has 0 aromatic heterocycles. The van der Waals surface area contributed by atoms with Gasteiger partial charge in [-0.2, -0.15) is 0 Å². The third-order valence-electron chi connectivity index (χ3n) is 5.12. The predicted molar refractivity (Wildman–Crippen MR) is 122 cm³/mol. The molecule has 0 rings (SSSR count). The summed E-state index contributed by atoms with van der Waals surface area (Å²) in [7, 11) is 0. The molecule has 172 valence electrons. The highest BCUT2D eigenvalue weighted by atomic mass is 16.7. The molecule has 0 heterocycles. The molecule has 0 saturated heterocycles. The second-order valence-electron chi connectivity index (χ2n) is 8.07. The van der Waals surface area contributed by atoms with Crippen molar-refractivity contribution in [3.8, 4) is 0 Å². The Balaban J connectivity index is 3.50. The minimum Gasteiger partial charge on any atom is -0.436 e. The number of allylic oxidation sites excluding steroid dienone is 1. The molecule has 0 aliphatic carbocycles. The van der Waals surface area contributed by atoms with Gasteiger partial charge in [-0.25, -0.2) is 0 Å². The molecule has 1 N–H and O–H groups in total. The largest absolute Gasteiger partial charge is 0.436 e. The van der Waals surface area contributed by atoms with Gasteiger partial charge >= 0.3 is 5.97 Å². The normalized spacial score (nSPS) is 13.7. The number of hydrogen-bond donors (Lipinski definition) is 1. The van der Waals surface area contributed by atoms with Crippen LogP contribution in [0.15, 0.2) is 12.2 Å². The summed E-state index contributed by atoms with van der Waals surface area (Å²) in [4.78, 5) is 11.9. The van der Waals surface area contributed by atoms with E-state index in [0.717, 1.165) is 57.8 Å². The van der Waals surface area contributed by atoms with Gasteiger partial charge in [0.25, 0.3) is 0 Å². The number of carbonyl (C=O) groups is 1. The molecule has 0 saturated carbocycles. The predicted octanol–water partition coefficient (Wildman–Crippen LogP) is 7.09. The van der Waals surface area contributed by atoms with Crippen molar-refractivity contribution in [2.45, 2.75) is 136 Å². The van der Waals surface area contributed by atoms with Gasteiger partial charge in [-0.15, -0.1) is 0 Å². The lowest BCUT2D eigenvalue weighted by Crippen LogP contribution is -2.21. The highest BCUT2D eigenvalue weighted by Gasteiger charge is 2.12. The van der Waals surface area contributed by atoms with E-state index in [0.29, 0.717) is 19.4 Å². The number of hydrogen-bond acceptors (Lipinski definition) is 4. The van der Waals surface area contributed by atoms with E-state index in [4.69, 9.17) is 9.47 Å². The van der Waals surface area contributed by atoms with Crippen LogP contribution in [0.5, 0.6) is 0 Å². The van der Waals surface area contributed by atoms with Crippen LogP contribution in [0.1, 0.15) is 124 Å². The van der Waals surface area contributed by atoms with Gasteiger partial charge in [-0.1, -0.05) is 84.3 Å². The number of aliphatic hydroxyl groups excluding tert-OH is 1. The zero-order valence-corrected chi connectivity index (χ0v) is 19.5. The van der Waals surface area contributed by atoms with Crippen molar-refractivity contribution in [1.82, 2.24) is 0 Å². The Morgan fingerprint density at radius 3 is 2.28 bits per heavy atom. The molecule has 0 radical (unpaired) electrons. The summed E-state index contributed by atoms with van der Waals surface area (Å²) in [5, 5.41) is 9.92. The first-order valence-corrected chi connectivity index (χ1v) is 12.3. The molecule has 0 spiro atoms. The second kappa shape index (κ2) is 21.8. The van der Waals surface area contributed by atoms with E-state index in [1.807, 2.05) is 6.92 Å². The SMILES string of the molecule is CCCCCC[C@@H](O)C/C=C\CCCCCCCC(=O)OC(CC)OCCCC. The van der Waals surface area contributed by atoms with Crippen molar-refractivity contribution in [1.29, 1.82) is 0 Å². The topological polar surface area (TPSA) is 55.8 Å². The Bertz CT molecular complexity index is 381. The average molecular weight is 413 g/mol. The number of esters is 1. The van der Waals surface area contributed by atoms with Crippen molar-refractivity contribution < 1.29 is 19.4 Å². The maximum Gasteiger partial charge on any atom is 0.308 e. The number of rotatable bonds is 21. The zero-order chi connectivity index (χ0) is 21.6. The van der Waals surface area contributed by atoms with Crippen molar-refractivity contribution in [2.24, 2.45) is 0 Å². The molecular formula is C25H48O4. The minimum atomic E-state index is -0.379. The lowest BCUT2D eigenvalue weighted by atomic mass is 10.1. The molecule has 0 fully saturated rings. The third-order valence-corrected chi connectivity index (χ3v) is 5.12. The molecule has 2 atom stereocenters. The summed E-state index contributed by atoms with van der Waals surface area (Å²) in [6, 6.07) is 0. The molecule has 29 heavy (non-hydrogen) atoms. The quantitative estimate of drug-likeness (QED) is 0.0946. The van der Waals surface area contributed by atoms with Gasteiger partial charge in [0, 0.05) is 12.8 Å². The molecule has 1 unspecified atom stereocenters. The van der Waals surface area contributed by atoms with Crippen molar-refractivity contribution in [2.75, 3.05) is 6.61 Å². The molecule has 0 aromatic carbocycles. The Morgan fingerprint density at radius 2 is 1.55 bits per heavy atom. The van der Waals surface area contributed by atoms with Crippen LogP contribution in [0, 0.1) is 0 Å². The summed E-state index contributed by atoms with van der Waals surface area (Å²) in [5.41, 5.74) is 0. The van der Waals surface area contributed by atoms with Crippen LogP contribution in [0.25, 0.3) is 0 Å². The van der Waals surface area contributed by atoms with Gasteiger partial charge < -0.3 is 14.6 Å². The van der Waals surface area contributed by atoms with E-state index in [9.17, 15) is 9.90 Å². The van der Waals surface area contributed by atoms with E-state index in [2.05, 4.69) is 26.0 Å². The first-order valence-electron chi connectivity index (χ1n) is 12.3. The van der Waals surface area contributed by atoms with Crippen LogP contribution in [0.2, 0.25) is 0 Å². The zero-order valence-electron chi connectivity index (χ0n) is 19.5.